The maximum atomic E-state index is 12.0. The number of nitrogens with two attached hydrogens (primary N) is 1. The summed E-state index contributed by atoms with van der Waals surface area (Å²) in [5, 5.41) is 3.08. The van der Waals surface area contributed by atoms with Gasteiger partial charge < -0.3 is 20.7 Å². The van der Waals surface area contributed by atoms with Crippen molar-refractivity contribution >= 4 is 17.3 Å². The molecule has 1 heterocycles. The van der Waals surface area contributed by atoms with Gasteiger partial charge in [0.15, 0.2) is 6.61 Å². The van der Waals surface area contributed by atoms with Gasteiger partial charge in [-0.2, -0.15) is 0 Å². The van der Waals surface area contributed by atoms with Crippen molar-refractivity contribution in [3.63, 3.8) is 0 Å². The average molecular weight is 263 g/mol. The van der Waals surface area contributed by atoms with Crippen molar-refractivity contribution in [3.8, 4) is 5.75 Å². The molecule has 5 heteroatoms. The molecule has 3 N–H and O–H groups in total. The first-order valence-corrected chi connectivity index (χ1v) is 6.60. The van der Waals surface area contributed by atoms with Crippen LogP contribution in [0.25, 0.3) is 0 Å². The van der Waals surface area contributed by atoms with Gasteiger partial charge in [0.05, 0.1) is 5.69 Å². The van der Waals surface area contributed by atoms with Crippen LogP contribution >= 0.6 is 0 Å². The van der Waals surface area contributed by atoms with E-state index < -0.39 is 0 Å². The highest BCUT2D eigenvalue weighted by Gasteiger charge is 2.26. The third-order valence-corrected chi connectivity index (χ3v) is 3.34. The van der Waals surface area contributed by atoms with Gasteiger partial charge in [0, 0.05) is 19.3 Å². The summed E-state index contributed by atoms with van der Waals surface area (Å²) in [5.74, 6) is 1.14. The lowest BCUT2D eigenvalue weighted by Crippen LogP contribution is -2.41. The van der Waals surface area contributed by atoms with Crippen LogP contribution in [0.1, 0.15) is 13.3 Å². The number of rotatable bonds is 5. The second kappa shape index (κ2) is 5.93. The molecule has 1 aliphatic heterocycles. The largest absolute Gasteiger partial charge is 0.482 e. The predicted octanol–water partition coefficient (Wildman–Crippen LogP) is 1.44. The van der Waals surface area contributed by atoms with E-state index >= 15 is 0 Å². The fourth-order valence-corrected chi connectivity index (χ4v) is 2.25. The lowest BCUT2D eigenvalue weighted by molar-refractivity contribution is -0.121. The zero-order valence-electron chi connectivity index (χ0n) is 11.5. The van der Waals surface area contributed by atoms with E-state index in [-0.39, 0.29) is 12.5 Å². The Balaban J connectivity index is 2.25. The number of anilines is 2. The zero-order valence-corrected chi connectivity index (χ0v) is 11.5. The average Bonchev–Trinajstić information content (AvgIpc) is 2.42. The molecule has 104 valence electrons. The van der Waals surface area contributed by atoms with Crippen molar-refractivity contribution in [2.75, 3.05) is 37.0 Å². The van der Waals surface area contributed by atoms with Crippen LogP contribution in [0.5, 0.6) is 5.75 Å². The molecule has 2 rings (SSSR count). The summed E-state index contributed by atoms with van der Waals surface area (Å²) < 4.78 is 5.46. The molecular formula is C14H21N3O2. The summed E-state index contributed by atoms with van der Waals surface area (Å²) in [6, 6.07) is 5.78. The molecule has 0 fully saturated rings. The first kappa shape index (κ1) is 13.7. The van der Waals surface area contributed by atoms with Gasteiger partial charge in [-0.05, 0) is 37.1 Å². The third kappa shape index (κ3) is 2.98. The van der Waals surface area contributed by atoms with Crippen LogP contribution in [0, 0.1) is 5.92 Å². The van der Waals surface area contributed by atoms with Crippen LogP contribution in [-0.4, -0.2) is 32.7 Å². The number of fused-ring (bicyclic) bond motifs is 1. The molecule has 19 heavy (non-hydrogen) atoms. The summed E-state index contributed by atoms with van der Waals surface area (Å²) in [6.07, 6.45) is 0.908. The van der Waals surface area contributed by atoms with E-state index in [1.165, 1.54) is 0 Å². The number of ether oxygens (including phenoxy) is 1. The zero-order chi connectivity index (χ0) is 13.8. The van der Waals surface area contributed by atoms with Gasteiger partial charge in [-0.25, -0.2) is 0 Å². The number of hydrogen-bond donors (Lipinski definition) is 2. The van der Waals surface area contributed by atoms with E-state index in [1.54, 1.807) is 4.90 Å². The number of carbonyl (C=O) groups excluding carboxylic acids is 1. The molecule has 0 aromatic heterocycles. The summed E-state index contributed by atoms with van der Waals surface area (Å²) in [5.41, 5.74) is 7.38. The Morgan fingerprint density at radius 1 is 1.53 bits per heavy atom. The van der Waals surface area contributed by atoms with E-state index in [1.807, 2.05) is 25.2 Å². The van der Waals surface area contributed by atoms with Crippen LogP contribution in [0.4, 0.5) is 11.4 Å². The smallest absolute Gasteiger partial charge is 0.265 e. The number of benzene rings is 1. The Labute approximate surface area is 113 Å². The number of amides is 1. The lowest BCUT2D eigenvalue weighted by Gasteiger charge is -2.31. The number of nitrogens with zero attached hydrogens (tertiary/aromatic N) is 1. The molecule has 1 aliphatic rings. The van der Waals surface area contributed by atoms with Crippen molar-refractivity contribution in [2.45, 2.75) is 13.3 Å². The Hall–Kier alpha value is -1.75. The van der Waals surface area contributed by atoms with Crippen molar-refractivity contribution < 1.29 is 9.53 Å². The topological polar surface area (TPSA) is 67.6 Å². The normalized spacial score (nSPS) is 15.7. The highest BCUT2D eigenvalue weighted by Crippen LogP contribution is 2.35. The number of carbonyl (C=O) groups is 1. The Bertz CT molecular complexity index is 462. The summed E-state index contributed by atoms with van der Waals surface area (Å²) in [4.78, 5) is 13.9. The van der Waals surface area contributed by atoms with Gasteiger partial charge in [-0.15, -0.1) is 0 Å². The van der Waals surface area contributed by atoms with Crippen molar-refractivity contribution in [1.29, 1.82) is 0 Å². The third-order valence-electron chi connectivity index (χ3n) is 3.34. The SMILES string of the molecule is CNc1ccc2c(c1)N(CC(C)CCN)C(=O)CO2. The molecule has 0 aliphatic carbocycles. The highest BCUT2D eigenvalue weighted by atomic mass is 16.5. The second-order valence-electron chi connectivity index (χ2n) is 4.91. The fraction of sp³-hybridized carbons (Fsp3) is 0.500. The second-order valence-corrected chi connectivity index (χ2v) is 4.91. The van der Waals surface area contributed by atoms with Gasteiger partial charge in [-0.3, -0.25) is 4.79 Å². The maximum Gasteiger partial charge on any atom is 0.265 e. The van der Waals surface area contributed by atoms with Gasteiger partial charge in [0.1, 0.15) is 5.75 Å². The van der Waals surface area contributed by atoms with Crippen molar-refractivity contribution in [2.24, 2.45) is 11.7 Å². The summed E-state index contributed by atoms with van der Waals surface area (Å²) in [6.45, 7) is 3.54. The molecule has 0 saturated heterocycles. The molecule has 1 aromatic rings. The molecule has 0 radical (unpaired) electrons. The summed E-state index contributed by atoms with van der Waals surface area (Å²) in [7, 11) is 1.86. The Kier molecular flexibility index (Phi) is 4.27. The minimum absolute atomic E-state index is 0.00428. The van der Waals surface area contributed by atoms with E-state index in [0.29, 0.717) is 19.0 Å². The first-order chi connectivity index (χ1) is 9.15. The molecular weight excluding hydrogens is 242 g/mol. The van der Waals surface area contributed by atoms with Gasteiger partial charge in [0.2, 0.25) is 0 Å². The van der Waals surface area contributed by atoms with Crippen molar-refractivity contribution in [1.82, 2.24) is 0 Å². The minimum atomic E-state index is 0.00428. The fourth-order valence-electron chi connectivity index (χ4n) is 2.25. The number of hydrogen-bond acceptors (Lipinski definition) is 4. The number of nitrogens with one attached hydrogen (secondary N) is 1. The van der Waals surface area contributed by atoms with E-state index in [9.17, 15) is 4.79 Å². The molecule has 0 saturated carbocycles. The quantitative estimate of drug-likeness (QED) is 0.843. The van der Waals surface area contributed by atoms with Crippen LogP contribution < -0.4 is 20.7 Å². The Morgan fingerprint density at radius 3 is 3.00 bits per heavy atom. The summed E-state index contributed by atoms with van der Waals surface area (Å²) >= 11 is 0. The predicted molar refractivity (Wildman–Crippen MR) is 76.7 cm³/mol. The molecule has 1 atom stereocenters. The van der Waals surface area contributed by atoms with Gasteiger partial charge in [-0.1, -0.05) is 6.92 Å². The molecule has 5 nitrogen and oxygen atoms in total. The van der Waals surface area contributed by atoms with Crippen LogP contribution in [0.2, 0.25) is 0 Å². The molecule has 0 spiro atoms. The standard InChI is InChI=1S/C14H21N3O2/c1-10(5-6-15)8-17-12-7-11(16-2)3-4-13(12)19-9-14(17)18/h3-4,7,10,16H,5-6,8-9,15H2,1-2H3. The van der Waals surface area contributed by atoms with E-state index in [0.717, 1.165) is 23.5 Å². The maximum absolute atomic E-state index is 12.0. The Morgan fingerprint density at radius 2 is 2.32 bits per heavy atom. The molecule has 1 unspecified atom stereocenters. The first-order valence-electron chi connectivity index (χ1n) is 6.60. The minimum Gasteiger partial charge on any atom is -0.482 e. The molecule has 0 bridgehead atoms. The molecule has 1 amide bonds. The van der Waals surface area contributed by atoms with Crippen LogP contribution in [0.15, 0.2) is 18.2 Å². The van der Waals surface area contributed by atoms with E-state index in [4.69, 9.17) is 10.5 Å². The van der Waals surface area contributed by atoms with Crippen LogP contribution in [0.3, 0.4) is 0 Å². The van der Waals surface area contributed by atoms with Gasteiger partial charge in [0.25, 0.3) is 5.91 Å². The van der Waals surface area contributed by atoms with Crippen molar-refractivity contribution in [3.05, 3.63) is 18.2 Å². The van der Waals surface area contributed by atoms with Crippen LogP contribution in [-0.2, 0) is 4.79 Å². The highest BCUT2D eigenvalue weighted by molar-refractivity contribution is 5.98. The van der Waals surface area contributed by atoms with Gasteiger partial charge >= 0.3 is 0 Å². The van der Waals surface area contributed by atoms with E-state index in [2.05, 4.69) is 12.2 Å². The lowest BCUT2D eigenvalue weighted by atomic mass is 10.1. The monoisotopic (exact) mass is 263 g/mol. The molecule has 1 aromatic carbocycles.